The summed E-state index contributed by atoms with van der Waals surface area (Å²) < 4.78 is 0. The number of nitro groups is 1. The molecule has 2 bridgehead atoms. The first-order valence-corrected chi connectivity index (χ1v) is 14.0. The fourth-order valence-corrected chi connectivity index (χ4v) is 7.20. The van der Waals surface area contributed by atoms with Gasteiger partial charge in [-0.3, -0.25) is 29.4 Å². The summed E-state index contributed by atoms with van der Waals surface area (Å²) in [4.78, 5) is 53.1. The number of benzene rings is 4. The van der Waals surface area contributed by atoms with Crippen LogP contribution in [-0.2, 0) is 32.8 Å². The Hall–Kier alpha value is -5.44. The molecule has 0 aromatic heterocycles. The second-order valence-electron chi connectivity index (χ2n) is 11.2. The maximum Gasteiger partial charge on any atom is 0.269 e. The molecule has 0 spiro atoms. The summed E-state index contributed by atoms with van der Waals surface area (Å²) in [6.45, 7) is 0.185. The lowest BCUT2D eigenvalue weighted by Gasteiger charge is -2.52. The van der Waals surface area contributed by atoms with Crippen LogP contribution in [0, 0.1) is 22.0 Å². The molecule has 43 heavy (non-hydrogen) atoms. The van der Waals surface area contributed by atoms with E-state index in [1.807, 2.05) is 78.9 Å². The minimum Gasteiger partial charge on any atom is -0.278 e. The fraction of sp³-hybridized carbons (Fsp3) is 0.176. The normalized spacial score (nSPS) is 23.2. The largest absolute Gasteiger partial charge is 0.278 e. The number of nitrogens with zero attached hydrogens (tertiary/aromatic N) is 3. The van der Waals surface area contributed by atoms with Crippen molar-refractivity contribution in [3.8, 4) is 0 Å². The van der Waals surface area contributed by atoms with Gasteiger partial charge in [-0.1, -0.05) is 91.0 Å². The van der Waals surface area contributed by atoms with Crippen LogP contribution in [0.2, 0.25) is 0 Å². The minimum atomic E-state index is -1.08. The van der Waals surface area contributed by atoms with E-state index in [-0.39, 0.29) is 36.4 Å². The molecule has 8 rings (SSSR count). The molecule has 0 unspecified atom stereocenters. The van der Waals surface area contributed by atoms with E-state index in [0.717, 1.165) is 27.8 Å². The van der Waals surface area contributed by atoms with Crippen molar-refractivity contribution in [2.45, 2.75) is 24.3 Å². The number of likely N-dealkylation sites (tertiary alicyclic amines) is 1. The van der Waals surface area contributed by atoms with Crippen LogP contribution in [0.3, 0.4) is 0 Å². The van der Waals surface area contributed by atoms with Gasteiger partial charge in [-0.25, -0.2) is 5.43 Å². The zero-order valence-electron chi connectivity index (χ0n) is 22.9. The Bertz CT molecular complexity index is 1770. The predicted molar refractivity (Wildman–Crippen MR) is 158 cm³/mol. The van der Waals surface area contributed by atoms with Gasteiger partial charge in [-0.2, -0.15) is 5.10 Å². The molecule has 0 saturated carbocycles. The van der Waals surface area contributed by atoms with Gasteiger partial charge >= 0.3 is 0 Å². The van der Waals surface area contributed by atoms with Crippen LogP contribution < -0.4 is 5.43 Å². The molecule has 1 aliphatic heterocycles. The molecule has 1 fully saturated rings. The van der Waals surface area contributed by atoms with Gasteiger partial charge in [0, 0.05) is 24.3 Å². The van der Waals surface area contributed by atoms with E-state index >= 15 is 0 Å². The van der Waals surface area contributed by atoms with E-state index in [1.54, 1.807) is 6.21 Å². The second-order valence-corrected chi connectivity index (χ2v) is 11.2. The summed E-state index contributed by atoms with van der Waals surface area (Å²) in [6, 6.07) is 30.9. The quantitative estimate of drug-likeness (QED) is 0.152. The zero-order valence-corrected chi connectivity index (χ0v) is 22.9. The van der Waals surface area contributed by atoms with E-state index in [4.69, 9.17) is 0 Å². The molecule has 1 heterocycles. The van der Waals surface area contributed by atoms with Gasteiger partial charge in [0.1, 0.15) is 0 Å². The molecule has 1 saturated heterocycles. The number of imide groups is 1. The third-order valence-electron chi connectivity index (χ3n) is 8.93. The molecule has 3 aliphatic carbocycles. The summed E-state index contributed by atoms with van der Waals surface area (Å²) in [5.41, 5.74) is 6.68. The lowest BCUT2D eigenvalue weighted by Crippen LogP contribution is -2.54. The van der Waals surface area contributed by atoms with E-state index in [2.05, 4.69) is 10.5 Å². The Kier molecular flexibility index (Phi) is 6.23. The molecule has 1 N–H and O–H groups in total. The highest BCUT2D eigenvalue weighted by Crippen LogP contribution is 2.63. The van der Waals surface area contributed by atoms with Crippen molar-refractivity contribution in [1.82, 2.24) is 10.3 Å². The van der Waals surface area contributed by atoms with Gasteiger partial charge < -0.3 is 0 Å². The van der Waals surface area contributed by atoms with Gasteiger partial charge in [-0.05, 0) is 33.4 Å². The summed E-state index contributed by atoms with van der Waals surface area (Å²) in [5.74, 6) is -2.48. The molecule has 4 aromatic carbocycles. The molecule has 2 atom stereocenters. The summed E-state index contributed by atoms with van der Waals surface area (Å²) in [7, 11) is 0. The lowest BCUT2D eigenvalue weighted by atomic mass is 9.47. The van der Waals surface area contributed by atoms with Gasteiger partial charge in [0.05, 0.1) is 35.1 Å². The first-order chi connectivity index (χ1) is 20.9. The number of hydrazone groups is 1. The Balaban J connectivity index is 1.28. The molecule has 9 heteroatoms. The summed E-state index contributed by atoms with van der Waals surface area (Å²) in [5, 5.41) is 15.4. The van der Waals surface area contributed by atoms with Crippen LogP contribution in [0.4, 0.5) is 5.69 Å². The average Bonchev–Trinajstić information content (AvgIpc) is 3.28. The number of nitrogens with one attached hydrogen (secondary N) is 1. The highest BCUT2D eigenvalue weighted by molar-refractivity contribution is 6.11. The van der Waals surface area contributed by atoms with E-state index in [9.17, 15) is 24.5 Å². The molecule has 212 valence electrons. The summed E-state index contributed by atoms with van der Waals surface area (Å²) >= 11 is 0. The highest BCUT2D eigenvalue weighted by Gasteiger charge is 2.67. The minimum absolute atomic E-state index is 0.0358. The zero-order chi connectivity index (χ0) is 29.7. The first kappa shape index (κ1) is 26.5. The van der Waals surface area contributed by atoms with Crippen molar-refractivity contribution in [2.24, 2.45) is 16.9 Å². The molecule has 0 radical (unpaired) electrons. The Labute approximate surface area is 247 Å². The van der Waals surface area contributed by atoms with Crippen LogP contribution in [0.15, 0.2) is 108 Å². The van der Waals surface area contributed by atoms with Crippen molar-refractivity contribution >= 4 is 29.6 Å². The smallest absolute Gasteiger partial charge is 0.269 e. The highest BCUT2D eigenvalue weighted by atomic mass is 16.6. The molecule has 3 amide bonds. The topological polar surface area (TPSA) is 122 Å². The van der Waals surface area contributed by atoms with Crippen molar-refractivity contribution < 1.29 is 19.3 Å². The van der Waals surface area contributed by atoms with E-state index in [1.165, 1.54) is 29.2 Å². The molecule has 9 nitrogen and oxygen atoms in total. The standard InChI is InChI=1S/C34H26N4O5/c39-28(18-21-14-16-23(17-15-21)38(42)43)36-35-20-34-26-12-6-4-10-24(26)29(25-11-5-7-13-27(25)34)30-31(34)33(41)37(32(30)40)19-22-8-2-1-3-9-22/h1-17,20,29-31H,18-19H2,(H,36,39)/b35-20-/t29?,30-,31-,34?/m1/s1. The van der Waals surface area contributed by atoms with Gasteiger partial charge in [0.25, 0.3) is 5.69 Å². The number of hydrogen-bond acceptors (Lipinski definition) is 6. The van der Waals surface area contributed by atoms with Crippen LogP contribution in [0.25, 0.3) is 0 Å². The van der Waals surface area contributed by atoms with Gasteiger partial charge in [0.2, 0.25) is 17.7 Å². The van der Waals surface area contributed by atoms with Crippen molar-refractivity contribution in [1.29, 1.82) is 0 Å². The monoisotopic (exact) mass is 570 g/mol. The van der Waals surface area contributed by atoms with Crippen LogP contribution in [0.1, 0.15) is 39.3 Å². The second kappa shape index (κ2) is 10.1. The average molecular weight is 571 g/mol. The maximum absolute atomic E-state index is 14.3. The van der Waals surface area contributed by atoms with Crippen LogP contribution in [-0.4, -0.2) is 33.8 Å². The van der Waals surface area contributed by atoms with Crippen molar-refractivity contribution in [3.63, 3.8) is 0 Å². The maximum atomic E-state index is 14.3. The third-order valence-corrected chi connectivity index (χ3v) is 8.93. The molecule has 4 aliphatic rings. The Morgan fingerprint density at radius 3 is 2.07 bits per heavy atom. The van der Waals surface area contributed by atoms with Crippen LogP contribution in [0.5, 0.6) is 0 Å². The number of hydrogen-bond donors (Lipinski definition) is 1. The Morgan fingerprint density at radius 2 is 1.44 bits per heavy atom. The number of nitro benzene ring substituents is 1. The number of carbonyl (C=O) groups is 3. The van der Waals surface area contributed by atoms with Gasteiger partial charge in [0.15, 0.2) is 0 Å². The number of rotatable bonds is 7. The fourth-order valence-electron chi connectivity index (χ4n) is 7.20. The SMILES string of the molecule is O=C(Cc1ccc([N+](=O)[O-])cc1)N/N=C\C12c3ccccc3C(c3ccccc31)[C@H]1C(=O)N(Cc3ccccc3)C(=O)[C@@H]12. The molecular weight excluding hydrogens is 544 g/mol. The number of amides is 3. The van der Waals surface area contributed by atoms with E-state index in [0.29, 0.717) is 5.56 Å². The first-order valence-electron chi connectivity index (χ1n) is 14.0. The Morgan fingerprint density at radius 1 is 0.837 bits per heavy atom. The van der Waals surface area contributed by atoms with Crippen molar-refractivity contribution in [2.75, 3.05) is 0 Å². The van der Waals surface area contributed by atoms with Crippen LogP contribution >= 0.6 is 0 Å². The van der Waals surface area contributed by atoms with Crippen molar-refractivity contribution in [3.05, 3.63) is 147 Å². The lowest BCUT2D eigenvalue weighted by molar-refractivity contribution is -0.384. The van der Waals surface area contributed by atoms with Gasteiger partial charge in [-0.15, -0.1) is 0 Å². The van der Waals surface area contributed by atoms with E-state index < -0.39 is 28.1 Å². The number of carbonyl (C=O) groups excluding carboxylic acids is 3. The molecule has 4 aromatic rings. The summed E-state index contributed by atoms with van der Waals surface area (Å²) in [6.07, 6.45) is 1.59. The predicted octanol–water partition coefficient (Wildman–Crippen LogP) is 4.49. The molecular formula is C34H26N4O5. The number of non-ortho nitro benzene ring substituents is 1. The third kappa shape index (κ3) is 4.07.